The van der Waals surface area contributed by atoms with Crippen LogP contribution in [0.5, 0.6) is 0 Å². The van der Waals surface area contributed by atoms with E-state index < -0.39 is 23.0 Å². The van der Waals surface area contributed by atoms with Gasteiger partial charge in [0.1, 0.15) is 5.76 Å². The van der Waals surface area contributed by atoms with Crippen LogP contribution in [0.25, 0.3) is 0 Å². The normalized spacial score (nSPS) is 11.4. The van der Waals surface area contributed by atoms with Crippen LogP contribution in [0.15, 0.2) is 41.0 Å². The molecule has 0 aliphatic carbocycles. The van der Waals surface area contributed by atoms with Crippen molar-refractivity contribution in [2.45, 2.75) is 19.3 Å². The molecule has 1 N–H and O–H groups in total. The third kappa shape index (κ3) is 2.87. The molecule has 2 aromatic rings. The molecule has 2 rings (SSSR count). The summed E-state index contributed by atoms with van der Waals surface area (Å²) in [6.45, 7) is 4.01. The lowest BCUT2D eigenvalue weighted by molar-refractivity contribution is 0.0938. The van der Waals surface area contributed by atoms with Gasteiger partial charge in [0.25, 0.3) is 5.91 Å². The first-order valence-electron chi connectivity index (χ1n) is 6.18. The fourth-order valence-corrected chi connectivity index (χ4v) is 1.83. The third-order valence-corrected chi connectivity index (χ3v) is 3.08. The topological polar surface area (TPSA) is 42.2 Å². The van der Waals surface area contributed by atoms with Crippen molar-refractivity contribution in [3.63, 3.8) is 0 Å². The predicted molar refractivity (Wildman–Crippen MR) is 70.4 cm³/mol. The van der Waals surface area contributed by atoms with Gasteiger partial charge in [0.05, 0.1) is 11.8 Å². The molecular weight excluding hydrogens is 264 g/mol. The molecule has 1 aromatic heterocycles. The minimum Gasteiger partial charge on any atom is -0.469 e. The van der Waals surface area contributed by atoms with E-state index in [1.165, 1.54) is 12.1 Å². The Morgan fingerprint density at radius 1 is 1.25 bits per heavy atom. The van der Waals surface area contributed by atoms with Gasteiger partial charge in [0.2, 0.25) is 0 Å². The van der Waals surface area contributed by atoms with E-state index in [0.29, 0.717) is 5.76 Å². The first-order chi connectivity index (χ1) is 9.42. The summed E-state index contributed by atoms with van der Waals surface area (Å²) in [6, 6.07) is 7.07. The average molecular weight is 279 g/mol. The van der Waals surface area contributed by atoms with Gasteiger partial charge in [0.15, 0.2) is 11.6 Å². The molecule has 20 heavy (non-hydrogen) atoms. The summed E-state index contributed by atoms with van der Waals surface area (Å²) in [4.78, 5) is 11.9. The second-order valence-corrected chi connectivity index (χ2v) is 5.15. The number of furan rings is 1. The second kappa shape index (κ2) is 5.45. The van der Waals surface area contributed by atoms with Crippen molar-refractivity contribution in [1.29, 1.82) is 0 Å². The lowest BCUT2D eigenvalue weighted by Crippen LogP contribution is -2.36. The Labute approximate surface area is 115 Å². The molecule has 0 aliphatic heterocycles. The van der Waals surface area contributed by atoms with Crippen LogP contribution in [-0.4, -0.2) is 12.5 Å². The summed E-state index contributed by atoms with van der Waals surface area (Å²) < 4.78 is 31.9. The van der Waals surface area contributed by atoms with Gasteiger partial charge in [-0.1, -0.05) is 19.9 Å². The second-order valence-electron chi connectivity index (χ2n) is 5.15. The van der Waals surface area contributed by atoms with E-state index in [9.17, 15) is 13.6 Å². The van der Waals surface area contributed by atoms with Crippen LogP contribution in [0, 0.1) is 11.6 Å². The van der Waals surface area contributed by atoms with Gasteiger partial charge >= 0.3 is 0 Å². The highest BCUT2D eigenvalue weighted by molar-refractivity contribution is 5.94. The van der Waals surface area contributed by atoms with E-state index in [0.717, 1.165) is 6.07 Å². The van der Waals surface area contributed by atoms with E-state index in [-0.39, 0.29) is 12.1 Å². The molecule has 1 heterocycles. The molecule has 1 amide bonds. The number of benzene rings is 1. The van der Waals surface area contributed by atoms with Crippen molar-refractivity contribution in [3.8, 4) is 0 Å². The Bertz CT molecular complexity index is 606. The van der Waals surface area contributed by atoms with E-state index in [2.05, 4.69) is 5.32 Å². The average Bonchev–Trinajstić information content (AvgIpc) is 2.94. The summed E-state index contributed by atoms with van der Waals surface area (Å²) >= 11 is 0. The van der Waals surface area contributed by atoms with Crippen molar-refractivity contribution in [1.82, 2.24) is 5.32 Å². The summed E-state index contributed by atoms with van der Waals surface area (Å²) in [5.74, 6) is -2.12. The summed E-state index contributed by atoms with van der Waals surface area (Å²) in [6.07, 6.45) is 1.55. The van der Waals surface area contributed by atoms with Gasteiger partial charge in [0, 0.05) is 12.0 Å². The zero-order valence-corrected chi connectivity index (χ0v) is 11.2. The van der Waals surface area contributed by atoms with Crippen LogP contribution >= 0.6 is 0 Å². The summed E-state index contributed by atoms with van der Waals surface area (Å²) in [5.41, 5.74) is -0.747. The number of amides is 1. The molecule has 1 aromatic carbocycles. The molecule has 0 bridgehead atoms. The molecule has 0 saturated heterocycles. The van der Waals surface area contributed by atoms with Gasteiger partial charge in [-0.15, -0.1) is 0 Å². The Hall–Kier alpha value is -2.17. The van der Waals surface area contributed by atoms with Gasteiger partial charge in [-0.25, -0.2) is 8.78 Å². The molecule has 0 aliphatic rings. The maximum atomic E-state index is 13.5. The van der Waals surface area contributed by atoms with Crippen molar-refractivity contribution in [2.24, 2.45) is 0 Å². The Morgan fingerprint density at radius 2 is 2.00 bits per heavy atom. The molecular formula is C15H15F2NO2. The van der Waals surface area contributed by atoms with Crippen LogP contribution in [0.4, 0.5) is 8.78 Å². The highest BCUT2D eigenvalue weighted by atomic mass is 19.2. The number of carbonyl (C=O) groups is 1. The first kappa shape index (κ1) is 14.2. The molecule has 3 nitrogen and oxygen atoms in total. The van der Waals surface area contributed by atoms with E-state index in [1.807, 2.05) is 13.8 Å². The lowest BCUT2D eigenvalue weighted by atomic mass is 9.90. The fourth-order valence-electron chi connectivity index (χ4n) is 1.83. The summed E-state index contributed by atoms with van der Waals surface area (Å²) in [5, 5.41) is 2.59. The highest BCUT2D eigenvalue weighted by Crippen LogP contribution is 2.22. The Morgan fingerprint density at radius 3 is 2.65 bits per heavy atom. The largest absolute Gasteiger partial charge is 0.469 e. The highest BCUT2D eigenvalue weighted by Gasteiger charge is 2.25. The summed E-state index contributed by atoms with van der Waals surface area (Å²) in [7, 11) is 0. The maximum Gasteiger partial charge on any atom is 0.254 e. The first-order valence-corrected chi connectivity index (χ1v) is 6.18. The molecule has 0 spiro atoms. The van der Waals surface area contributed by atoms with Crippen molar-refractivity contribution >= 4 is 5.91 Å². The van der Waals surface area contributed by atoms with Crippen LogP contribution < -0.4 is 5.32 Å². The van der Waals surface area contributed by atoms with Gasteiger partial charge in [-0.2, -0.15) is 0 Å². The van der Waals surface area contributed by atoms with Gasteiger partial charge < -0.3 is 9.73 Å². The molecule has 0 radical (unpaired) electrons. The number of carbonyl (C=O) groups excluding carboxylic acids is 1. The molecule has 5 heteroatoms. The number of hydrogen-bond acceptors (Lipinski definition) is 2. The van der Waals surface area contributed by atoms with Gasteiger partial charge in [-0.05, 0) is 24.3 Å². The third-order valence-electron chi connectivity index (χ3n) is 3.08. The van der Waals surface area contributed by atoms with E-state index in [1.54, 1.807) is 18.4 Å². The minimum atomic E-state index is -1.14. The molecule has 0 unspecified atom stereocenters. The van der Waals surface area contributed by atoms with Crippen LogP contribution in [0.2, 0.25) is 0 Å². The smallest absolute Gasteiger partial charge is 0.254 e. The quantitative estimate of drug-likeness (QED) is 0.933. The van der Waals surface area contributed by atoms with Crippen molar-refractivity contribution in [3.05, 3.63) is 59.6 Å². The van der Waals surface area contributed by atoms with E-state index in [4.69, 9.17) is 4.42 Å². The Balaban J connectivity index is 2.08. The zero-order valence-electron chi connectivity index (χ0n) is 11.2. The minimum absolute atomic E-state index is 0.245. The van der Waals surface area contributed by atoms with Crippen LogP contribution in [0.1, 0.15) is 30.0 Å². The van der Waals surface area contributed by atoms with Crippen LogP contribution in [-0.2, 0) is 5.41 Å². The maximum absolute atomic E-state index is 13.5. The van der Waals surface area contributed by atoms with Crippen molar-refractivity contribution < 1.29 is 18.0 Å². The van der Waals surface area contributed by atoms with Crippen molar-refractivity contribution in [2.75, 3.05) is 6.54 Å². The zero-order chi connectivity index (χ0) is 14.8. The fraction of sp³-hybridized carbons (Fsp3) is 0.267. The number of halogens is 2. The molecule has 106 valence electrons. The Kier molecular flexibility index (Phi) is 3.88. The molecule has 0 atom stereocenters. The number of hydrogen-bond donors (Lipinski definition) is 1. The predicted octanol–water partition coefficient (Wildman–Crippen LogP) is 3.27. The molecule has 0 fully saturated rings. The standard InChI is InChI=1S/C15H15F2NO2/c1-15(2,12-7-4-8-20-12)9-18-14(19)10-5-3-6-11(16)13(10)17/h3-8H,9H2,1-2H3,(H,18,19). The monoisotopic (exact) mass is 279 g/mol. The van der Waals surface area contributed by atoms with Crippen LogP contribution in [0.3, 0.4) is 0 Å². The SMILES string of the molecule is CC(C)(CNC(=O)c1cccc(F)c1F)c1ccco1. The number of rotatable bonds is 4. The van der Waals surface area contributed by atoms with E-state index >= 15 is 0 Å². The molecule has 0 saturated carbocycles. The number of nitrogens with one attached hydrogen (secondary N) is 1. The van der Waals surface area contributed by atoms with Gasteiger partial charge in [-0.3, -0.25) is 4.79 Å². The lowest BCUT2D eigenvalue weighted by Gasteiger charge is -2.22.